The standard InChI is InChI=1S/C6H10N4/c1-4-5(6(7)8)3-9-10(4)2/h3H,1-2H3,(H3,7,8). The highest BCUT2D eigenvalue weighted by molar-refractivity contribution is 5.95. The lowest BCUT2D eigenvalue weighted by Gasteiger charge is -1.95. The fourth-order valence-corrected chi connectivity index (χ4v) is 0.763. The monoisotopic (exact) mass is 138 g/mol. The van der Waals surface area contributed by atoms with E-state index in [0.29, 0.717) is 5.56 Å². The molecule has 1 aromatic heterocycles. The number of nitrogens with two attached hydrogens (primary N) is 1. The highest BCUT2D eigenvalue weighted by Gasteiger charge is 2.04. The summed E-state index contributed by atoms with van der Waals surface area (Å²) in [6.07, 6.45) is 1.59. The first kappa shape index (κ1) is 6.80. The van der Waals surface area contributed by atoms with E-state index in [0.717, 1.165) is 5.69 Å². The molecule has 0 radical (unpaired) electrons. The van der Waals surface area contributed by atoms with Gasteiger partial charge in [-0.3, -0.25) is 10.1 Å². The van der Waals surface area contributed by atoms with E-state index < -0.39 is 0 Å². The van der Waals surface area contributed by atoms with Crippen molar-refractivity contribution in [2.45, 2.75) is 6.92 Å². The van der Waals surface area contributed by atoms with Gasteiger partial charge in [0, 0.05) is 12.7 Å². The molecule has 3 N–H and O–H groups in total. The molecule has 0 fully saturated rings. The fourth-order valence-electron chi connectivity index (χ4n) is 0.763. The van der Waals surface area contributed by atoms with E-state index in [1.165, 1.54) is 0 Å². The minimum atomic E-state index is 0.0746. The summed E-state index contributed by atoms with van der Waals surface area (Å²) in [6.45, 7) is 1.88. The van der Waals surface area contributed by atoms with Crippen molar-refractivity contribution in [3.05, 3.63) is 17.5 Å². The van der Waals surface area contributed by atoms with Gasteiger partial charge in [0.2, 0.25) is 0 Å². The first-order valence-electron chi connectivity index (χ1n) is 2.96. The molecule has 0 amide bonds. The highest BCUT2D eigenvalue weighted by atomic mass is 15.3. The lowest BCUT2D eigenvalue weighted by atomic mass is 10.2. The first-order valence-corrected chi connectivity index (χ1v) is 2.96. The van der Waals surface area contributed by atoms with Crippen LogP contribution < -0.4 is 5.73 Å². The Kier molecular flexibility index (Phi) is 1.45. The summed E-state index contributed by atoms with van der Waals surface area (Å²) in [6, 6.07) is 0. The molecule has 4 nitrogen and oxygen atoms in total. The van der Waals surface area contributed by atoms with Crippen molar-refractivity contribution in [2.75, 3.05) is 0 Å². The second-order valence-corrected chi connectivity index (χ2v) is 2.18. The predicted molar refractivity (Wildman–Crippen MR) is 39.0 cm³/mol. The third kappa shape index (κ3) is 0.877. The fraction of sp³-hybridized carbons (Fsp3) is 0.333. The molecule has 4 heteroatoms. The van der Waals surface area contributed by atoms with E-state index >= 15 is 0 Å². The zero-order valence-corrected chi connectivity index (χ0v) is 6.05. The van der Waals surface area contributed by atoms with Gasteiger partial charge in [-0.05, 0) is 6.92 Å². The second kappa shape index (κ2) is 2.13. The van der Waals surface area contributed by atoms with Crippen molar-refractivity contribution in [1.29, 1.82) is 5.41 Å². The molecule has 54 valence electrons. The van der Waals surface area contributed by atoms with Gasteiger partial charge in [-0.2, -0.15) is 5.10 Å². The van der Waals surface area contributed by atoms with E-state index in [-0.39, 0.29) is 5.84 Å². The summed E-state index contributed by atoms with van der Waals surface area (Å²) in [5, 5.41) is 11.0. The van der Waals surface area contributed by atoms with Gasteiger partial charge < -0.3 is 5.73 Å². The average Bonchev–Trinajstić information content (AvgIpc) is 2.14. The van der Waals surface area contributed by atoms with Gasteiger partial charge >= 0.3 is 0 Å². The third-order valence-corrected chi connectivity index (χ3v) is 1.53. The Bertz CT molecular complexity index is 261. The van der Waals surface area contributed by atoms with Crippen molar-refractivity contribution in [1.82, 2.24) is 9.78 Å². The molecule has 0 bridgehead atoms. The second-order valence-electron chi connectivity index (χ2n) is 2.18. The molecule has 0 atom stereocenters. The zero-order valence-electron chi connectivity index (χ0n) is 6.05. The van der Waals surface area contributed by atoms with Crippen molar-refractivity contribution in [2.24, 2.45) is 12.8 Å². The Morgan fingerprint density at radius 2 is 2.40 bits per heavy atom. The van der Waals surface area contributed by atoms with E-state index in [1.54, 1.807) is 10.9 Å². The van der Waals surface area contributed by atoms with Crippen LogP contribution in [-0.2, 0) is 7.05 Å². The van der Waals surface area contributed by atoms with Gasteiger partial charge in [-0.25, -0.2) is 0 Å². The smallest absolute Gasteiger partial charge is 0.126 e. The first-order chi connectivity index (χ1) is 4.63. The molecule has 0 unspecified atom stereocenters. The minimum Gasteiger partial charge on any atom is -0.384 e. The number of hydrogen-bond donors (Lipinski definition) is 2. The van der Waals surface area contributed by atoms with Crippen molar-refractivity contribution >= 4 is 5.84 Å². The van der Waals surface area contributed by atoms with Crippen LogP contribution in [0.5, 0.6) is 0 Å². The average molecular weight is 138 g/mol. The number of hydrogen-bond acceptors (Lipinski definition) is 2. The third-order valence-electron chi connectivity index (χ3n) is 1.53. The Morgan fingerprint density at radius 3 is 2.60 bits per heavy atom. The minimum absolute atomic E-state index is 0.0746. The molecule has 0 saturated carbocycles. The zero-order chi connectivity index (χ0) is 7.72. The maximum absolute atomic E-state index is 7.11. The van der Waals surface area contributed by atoms with Crippen LogP contribution in [0, 0.1) is 12.3 Å². The Balaban J connectivity index is 3.17. The number of rotatable bonds is 1. The molecule has 1 heterocycles. The van der Waals surface area contributed by atoms with Crippen LogP contribution in [0.15, 0.2) is 6.20 Å². The van der Waals surface area contributed by atoms with E-state index in [9.17, 15) is 0 Å². The highest BCUT2D eigenvalue weighted by Crippen LogP contribution is 2.02. The molecule has 0 aromatic carbocycles. The Morgan fingerprint density at radius 1 is 1.80 bits per heavy atom. The van der Waals surface area contributed by atoms with Crippen LogP contribution in [-0.4, -0.2) is 15.6 Å². The maximum Gasteiger partial charge on any atom is 0.126 e. The number of nitrogens with zero attached hydrogens (tertiary/aromatic N) is 2. The van der Waals surface area contributed by atoms with Crippen molar-refractivity contribution < 1.29 is 0 Å². The SMILES string of the molecule is Cc1c(C(=N)N)cnn1C. The van der Waals surface area contributed by atoms with Gasteiger partial charge in [-0.1, -0.05) is 0 Å². The van der Waals surface area contributed by atoms with Gasteiger partial charge in [-0.15, -0.1) is 0 Å². The van der Waals surface area contributed by atoms with Gasteiger partial charge in [0.05, 0.1) is 11.8 Å². The van der Waals surface area contributed by atoms with Crippen LogP contribution in [0.4, 0.5) is 0 Å². The van der Waals surface area contributed by atoms with Crippen molar-refractivity contribution in [3.8, 4) is 0 Å². The summed E-state index contributed by atoms with van der Waals surface area (Å²) >= 11 is 0. The van der Waals surface area contributed by atoms with Gasteiger partial charge in [0.25, 0.3) is 0 Å². The number of nitrogen functional groups attached to an aromatic ring is 1. The van der Waals surface area contributed by atoms with E-state index in [1.807, 2.05) is 14.0 Å². The number of amidine groups is 1. The quantitative estimate of drug-likeness (QED) is 0.424. The molecule has 1 rings (SSSR count). The van der Waals surface area contributed by atoms with Crippen LogP contribution in [0.25, 0.3) is 0 Å². The largest absolute Gasteiger partial charge is 0.384 e. The molecule has 0 saturated heterocycles. The van der Waals surface area contributed by atoms with E-state index in [4.69, 9.17) is 11.1 Å². The molecular formula is C6H10N4. The predicted octanol–water partition coefficient (Wildman–Crippen LogP) is 0.0126. The lowest BCUT2D eigenvalue weighted by Crippen LogP contribution is -2.11. The summed E-state index contributed by atoms with van der Waals surface area (Å²) in [7, 11) is 1.82. The summed E-state index contributed by atoms with van der Waals surface area (Å²) < 4.78 is 1.69. The lowest BCUT2D eigenvalue weighted by molar-refractivity contribution is 0.740. The molecular weight excluding hydrogens is 128 g/mol. The molecule has 10 heavy (non-hydrogen) atoms. The maximum atomic E-state index is 7.11. The van der Waals surface area contributed by atoms with Crippen LogP contribution in [0.1, 0.15) is 11.3 Å². The molecule has 0 spiro atoms. The molecule has 1 aromatic rings. The van der Waals surface area contributed by atoms with Crippen molar-refractivity contribution in [3.63, 3.8) is 0 Å². The van der Waals surface area contributed by atoms with Gasteiger partial charge in [0.15, 0.2) is 0 Å². The van der Waals surface area contributed by atoms with E-state index in [2.05, 4.69) is 5.10 Å². The van der Waals surface area contributed by atoms with Gasteiger partial charge in [0.1, 0.15) is 5.84 Å². The van der Waals surface area contributed by atoms with Crippen LogP contribution in [0.2, 0.25) is 0 Å². The van der Waals surface area contributed by atoms with Crippen LogP contribution >= 0.6 is 0 Å². The Labute approximate surface area is 59.2 Å². The summed E-state index contributed by atoms with van der Waals surface area (Å²) in [4.78, 5) is 0. The summed E-state index contributed by atoms with van der Waals surface area (Å²) in [5.74, 6) is 0.0746. The molecule has 0 aliphatic rings. The molecule has 0 aliphatic carbocycles. The Hall–Kier alpha value is -1.32. The topological polar surface area (TPSA) is 67.7 Å². The number of aryl methyl sites for hydroxylation is 1. The summed E-state index contributed by atoms with van der Waals surface area (Å²) in [5.41, 5.74) is 6.89. The number of aromatic nitrogens is 2. The normalized spacial score (nSPS) is 9.80. The number of nitrogens with one attached hydrogen (secondary N) is 1. The van der Waals surface area contributed by atoms with Crippen LogP contribution in [0.3, 0.4) is 0 Å². The molecule has 0 aliphatic heterocycles.